The molecule has 0 aliphatic heterocycles. The Morgan fingerprint density at radius 2 is 2.23 bits per heavy atom. The van der Waals surface area contributed by atoms with E-state index < -0.39 is 6.43 Å². The Morgan fingerprint density at radius 1 is 1.62 bits per heavy atom. The number of rotatable bonds is 2. The van der Waals surface area contributed by atoms with Crippen LogP contribution in [0, 0.1) is 6.92 Å². The molecule has 1 aromatic heterocycles. The molecule has 72 valence electrons. The number of hydrogen-bond donors (Lipinski definition) is 1. The van der Waals surface area contributed by atoms with Gasteiger partial charge in [-0.15, -0.1) is 0 Å². The van der Waals surface area contributed by atoms with Crippen molar-refractivity contribution >= 4 is 11.6 Å². The third kappa shape index (κ3) is 2.14. The average molecular weight is 207 g/mol. The zero-order valence-electron chi connectivity index (χ0n) is 7.02. The molecule has 0 bridgehead atoms. The number of pyridine rings is 1. The van der Waals surface area contributed by atoms with Gasteiger partial charge in [0.05, 0.1) is 0 Å². The first-order chi connectivity index (χ1) is 6.06. The largest absolute Gasteiger partial charge is 0.326 e. The van der Waals surface area contributed by atoms with Crippen molar-refractivity contribution in [2.75, 3.05) is 0 Å². The highest BCUT2D eigenvalue weighted by Crippen LogP contribution is 2.23. The van der Waals surface area contributed by atoms with Crippen molar-refractivity contribution in [3.63, 3.8) is 0 Å². The van der Waals surface area contributed by atoms with Crippen LogP contribution < -0.4 is 5.73 Å². The van der Waals surface area contributed by atoms with Crippen molar-refractivity contribution < 1.29 is 8.78 Å². The predicted molar refractivity (Wildman–Crippen MR) is 46.8 cm³/mol. The maximum absolute atomic E-state index is 12.2. The molecular weight excluding hydrogens is 198 g/mol. The molecule has 5 heteroatoms. The van der Waals surface area contributed by atoms with Crippen molar-refractivity contribution in [3.05, 3.63) is 28.0 Å². The molecule has 0 spiro atoms. The molecule has 0 unspecified atom stereocenters. The van der Waals surface area contributed by atoms with Crippen molar-refractivity contribution in [3.8, 4) is 0 Å². The Kier molecular flexibility index (Phi) is 3.17. The summed E-state index contributed by atoms with van der Waals surface area (Å²) in [7, 11) is 0. The number of nitrogens with zero attached hydrogens (tertiary/aromatic N) is 1. The van der Waals surface area contributed by atoms with Gasteiger partial charge in [0, 0.05) is 6.54 Å². The van der Waals surface area contributed by atoms with Crippen LogP contribution in [0.25, 0.3) is 0 Å². The Balaban J connectivity index is 3.22. The van der Waals surface area contributed by atoms with E-state index in [1.807, 2.05) is 0 Å². The van der Waals surface area contributed by atoms with Gasteiger partial charge in [0.2, 0.25) is 0 Å². The molecule has 0 radical (unpaired) electrons. The minimum absolute atomic E-state index is 0.0956. The summed E-state index contributed by atoms with van der Waals surface area (Å²) in [6, 6.07) is 1.28. The van der Waals surface area contributed by atoms with E-state index in [4.69, 9.17) is 17.3 Å². The fourth-order valence-electron chi connectivity index (χ4n) is 0.973. The molecule has 1 rings (SSSR count). The summed E-state index contributed by atoms with van der Waals surface area (Å²) in [5, 5.41) is 0.0956. The first-order valence-electron chi connectivity index (χ1n) is 3.70. The first kappa shape index (κ1) is 10.3. The van der Waals surface area contributed by atoms with Gasteiger partial charge >= 0.3 is 0 Å². The van der Waals surface area contributed by atoms with Gasteiger partial charge in [0.15, 0.2) is 0 Å². The lowest BCUT2D eigenvalue weighted by molar-refractivity contribution is 0.146. The second-order valence-electron chi connectivity index (χ2n) is 2.63. The third-order valence-corrected chi connectivity index (χ3v) is 2.15. The molecule has 2 N–H and O–H groups in total. The maximum Gasteiger partial charge on any atom is 0.280 e. The fraction of sp³-hybridized carbons (Fsp3) is 0.375. The van der Waals surface area contributed by atoms with Gasteiger partial charge in [-0.2, -0.15) is 0 Å². The van der Waals surface area contributed by atoms with Crippen LogP contribution in [-0.2, 0) is 6.54 Å². The van der Waals surface area contributed by atoms with Crippen molar-refractivity contribution in [2.24, 2.45) is 5.73 Å². The normalized spacial score (nSPS) is 10.9. The van der Waals surface area contributed by atoms with E-state index in [1.54, 1.807) is 6.92 Å². The molecule has 0 aliphatic rings. The number of halogens is 3. The molecular formula is C8H9ClF2N2. The van der Waals surface area contributed by atoms with Crippen LogP contribution in [0.4, 0.5) is 8.78 Å². The Labute approximate surface area is 79.7 Å². The number of hydrogen-bond acceptors (Lipinski definition) is 2. The molecule has 0 atom stereocenters. The molecule has 0 saturated carbocycles. The van der Waals surface area contributed by atoms with E-state index in [0.717, 1.165) is 0 Å². The summed E-state index contributed by atoms with van der Waals surface area (Å²) in [6.45, 7) is 1.89. The van der Waals surface area contributed by atoms with Crippen LogP contribution in [0.5, 0.6) is 0 Å². The number of alkyl halides is 2. The van der Waals surface area contributed by atoms with E-state index >= 15 is 0 Å². The highest BCUT2D eigenvalue weighted by atomic mass is 35.5. The smallest absolute Gasteiger partial charge is 0.280 e. The van der Waals surface area contributed by atoms with E-state index in [2.05, 4.69) is 4.98 Å². The SMILES string of the molecule is Cc1c(CN)cc(C(F)F)nc1Cl. The zero-order valence-corrected chi connectivity index (χ0v) is 7.78. The van der Waals surface area contributed by atoms with E-state index in [-0.39, 0.29) is 17.4 Å². The quantitative estimate of drug-likeness (QED) is 0.755. The van der Waals surface area contributed by atoms with E-state index in [0.29, 0.717) is 11.1 Å². The summed E-state index contributed by atoms with van der Waals surface area (Å²) in [6.07, 6.45) is -2.61. The second-order valence-corrected chi connectivity index (χ2v) is 2.98. The van der Waals surface area contributed by atoms with Crippen LogP contribution in [0.2, 0.25) is 5.15 Å². The van der Waals surface area contributed by atoms with Crippen LogP contribution >= 0.6 is 11.6 Å². The maximum atomic E-state index is 12.2. The van der Waals surface area contributed by atoms with Gasteiger partial charge in [-0.3, -0.25) is 0 Å². The predicted octanol–water partition coefficient (Wildman–Crippen LogP) is 2.44. The lowest BCUT2D eigenvalue weighted by atomic mass is 10.1. The summed E-state index contributed by atoms with van der Waals surface area (Å²) < 4.78 is 24.5. The van der Waals surface area contributed by atoms with Crippen molar-refractivity contribution in [2.45, 2.75) is 19.9 Å². The van der Waals surface area contributed by atoms with Crippen molar-refractivity contribution in [1.29, 1.82) is 0 Å². The Bertz CT molecular complexity index is 315. The molecule has 0 saturated heterocycles. The molecule has 0 aliphatic carbocycles. The second kappa shape index (κ2) is 3.98. The summed E-state index contributed by atoms with van der Waals surface area (Å²) in [5.74, 6) is 0. The summed E-state index contributed by atoms with van der Waals surface area (Å²) in [4.78, 5) is 3.54. The fourth-order valence-corrected chi connectivity index (χ4v) is 1.19. The molecule has 13 heavy (non-hydrogen) atoms. The van der Waals surface area contributed by atoms with Gasteiger partial charge in [-0.1, -0.05) is 11.6 Å². The van der Waals surface area contributed by atoms with E-state index in [9.17, 15) is 8.78 Å². The minimum atomic E-state index is -2.61. The van der Waals surface area contributed by atoms with Crippen LogP contribution in [0.1, 0.15) is 23.2 Å². The minimum Gasteiger partial charge on any atom is -0.326 e. The molecule has 0 amide bonds. The van der Waals surface area contributed by atoms with Gasteiger partial charge in [-0.05, 0) is 24.1 Å². The lowest BCUT2D eigenvalue weighted by Crippen LogP contribution is -2.03. The average Bonchev–Trinajstić information content (AvgIpc) is 2.09. The highest BCUT2D eigenvalue weighted by molar-refractivity contribution is 6.30. The molecule has 0 fully saturated rings. The van der Waals surface area contributed by atoms with E-state index in [1.165, 1.54) is 6.07 Å². The molecule has 0 aromatic carbocycles. The Hall–Kier alpha value is -0.740. The standard InChI is InChI=1S/C8H9ClF2N2/c1-4-5(3-12)2-6(8(10)11)13-7(4)9/h2,8H,3,12H2,1H3. The van der Waals surface area contributed by atoms with Crippen LogP contribution in [0.3, 0.4) is 0 Å². The number of nitrogens with two attached hydrogens (primary N) is 1. The van der Waals surface area contributed by atoms with Gasteiger partial charge in [0.1, 0.15) is 10.8 Å². The van der Waals surface area contributed by atoms with Gasteiger partial charge in [0.25, 0.3) is 6.43 Å². The molecule has 1 heterocycles. The topological polar surface area (TPSA) is 38.9 Å². The Morgan fingerprint density at radius 3 is 2.69 bits per heavy atom. The van der Waals surface area contributed by atoms with Gasteiger partial charge in [-0.25, -0.2) is 13.8 Å². The lowest BCUT2D eigenvalue weighted by Gasteiger charge is -2.07. The third-order valence-electron chi connectivity index (χ3n) is 1.78. The van der Waals surface area contributed by atoms with Crippen molar-refractivity contribution in [1.82, 2.24) is 4.98 Å². The first-order valence-corrected chi connectivity index (χ1v) is 4.08. The monoisotopic (exact) mass is 206 g/mol. The van der Waals surface area contributed by atoms with Crippen LogP contribution in [0.15, 0.2) is 6.07 Å². The molecule has 2 nitrogen and oxygen atoms in total. The highest BCUT2D eigenvalue weighted by Gasteiger charge is 2.13. The molecule has 1 aromatic rings. The summed E-state index contributed by atoms with van der Waals surface area (Å²) in [5.41, 5.74) is 6.30. The van der Waals surface area contributed by atoms with Gasteiger partial charge < -0.3 is 5.73 Å². The zero-order chi connectivity index (χ0) is 10.0. The summed E-state index contributed by atoms with van der Waals surface area (Å²) >= 11 is 5.64. The number of aromatic nitrogens is 1. The van der Waals surface area contributed by atoms with Crippen LogP contribution in [-0.4, -0.2) is 4.98 Å².